The van der Waals surface area contributed by atoms with E-state index < -0.39 is 5.97 Å². The average molecular weight is 337 g/mol. The lowest BCUT2D eigenvalue weighted by Gasteiger charge is -2.29. The van der Waals surface area contributed by atoms with Crippen LogP contribution >= 0.6 is 11.6 Å². The van der Waals surface area contributed by atoms with Crippen molar-refractivity contribution in [3.05, 3.63) is 34.3 Å². The van der Waals surface area contributed by atoms with Gasteiger partial charge in [-0.15, -0.1) is 0 Å². The second-order valence-electron chi connectivity index (χ2n) is 6.96. The molecule has 0 aromatic heterocycles. The van der Waals surface area contributed by atoms with Crippen LogP contribution in [0.3, 0.4) is 0 Å². The minimum absolute atomic E-state index is 0.205. The van der Waals surface area contributed by atoms with Crippen molar-refractivity contribution in [2.45, 2.75) is 77.0 Å². The summed E-state index contributed by atoms with van der Waals surface area (Å²) < 4.78 is 0. The lowest BCUT2D eigenvalue weighted by atomic mass is 9.77. The van der Waals surface area contributed by atoms with E-state index in [1.165, 1.54) is 69.8 Å². The molecule has 2 nitrogen and oxygen atoms in total. The molecule has 1 aromatic carbocycles. The van der Waals surface area contributed by atoms with E-state index in [1.54, 1.807) is 6.07 Å². The monoisotopic (exact) mass is 336 g/mol. The van der Waals surface area contributed by atoms with E-state index in [2.05, 4.69) is 6.92 Å². The summed E-state index contributed by atoms with van der Waals surface area (Å²) in [5, 5.41) is 9.42. The fraction of sp³-hybridized carbons (Fsp3) is 0.650. The lowest BCUT2D eigenvalue weighted by Crippen LogP contribution is -2.13. The summed E-state index contributed by atoms with van der Waals surface area (Å²) in [4.78, 5) is 11.0. The number of carbonyl (C=O) groups is 1. The number of rotatable bonds is 8. The predicted molar refractivity (Wildman–Crippen MR) is 96.5 cm³/mol. The molecular weight excluding hydrogens is 308 g/mol. The molecule has 1 aliphatic carbocycles. The van der Waals surface area contributed by atoms with Gasteiger partial charge in [-0.2, -0.15) is 0 Å². The maximum Gasteiger partial charge on any atom is 0.337 e. The van der Waals surface area contributed by atoms with E-state index >= 15 is 0 Å². The Morgan fingerprint density at radius 1 is 1.13 bits per heavy atom. The molecular formula is C20H29ClO2. The Labute approximate surface area is 145 Å². The fourth-order valence-electron chi connectivity index (χ4n) is 3.78. The zero-order chi connectivity index (χ0) is 16.7. The molecule has 0 atom stereocenters. The summed E-state index contributed by atoms with van der Waals surface area (Å²) in [5.74, 6) is 0.488. The molecule has 0 bridgehead atoms. The van der Waals surface area contributed by atoms with Crippen molar-refractivity contribution in [2.75, 3.05) is 0 Å². The molecule has 128 valence electrons. The highest BCUT2D eigenvalue weighted by Gasteiger charge is 2.23. The van der Waals surface area contributed by atoms with Crippen LogP contribution in [0.1, 0.15) is 93.0 Å². The predicted octanol–water partition coefficient (Wildman–Crippen LogP) is 6.67. The third kappa shape index (κ3) is 5.53. The van der Waals surface area contributed by atoms with Crippen LogP contribution in [0.4, 0.5) is 0 Å². The van der Waals surface area contributed by atoms with Gasteiger partial charge in [0.15, 0.2) is 0 Å². The maximum absolute atomic E-state index is 11.0. The average Bonchev–Trinajstić information content (AvgIpc) is 2.55. The van der Waals surface area contributed by atoms with Gasteiger partial charge in [-0.05, 0) is 55.2 Å². The standard InChI is InChI=1S/C20H29ClO2/c1-2-3-4-5-6-7-15-8-10-16(11-9-15)17-12-13-18(20(22)23)19(21)14-17/h12-16H,2-11H2,1H3,(H,22,23). The Kier molecular flexibility index (Phi) is 7.42. The number of carboxylic acid groups (broad SMARTS) is 1. The summed E-state index contributed by atoms with van der Waals surface area (Å²) >= 11 is 6.10. The lowest BCUT2D eigenvalue weighted by molar-refractivity contribution is 0.0697. The van der Waals surface area contributed by atoms with E-state index in [9.17, 15) is 4.79 Å². The number of hydrogen-bond donors (Lipinski definition) is 1. The second-order valence-corrected chi connectivity index (χ2v) is 7.37. The highest BCUT2D eigenvalue weighted by atomic mass is 35.5. The van der Waals surface area contributed by atoms with Crippen molar-refractivity contribution in [3.8, 4) is 0 Å². The topological polar surface area (TPSA) is 37.3 Å². The Morgan fingerprint density at radius 2 is 1.83 bits per heavy atom. The first kappa shape index (κ1) is 18.3. The molecule has 1 N–H and O–H groups in total. The molecule has 0 saturated heterocycles. The molecule has 23 heavy (non-hydrogen) atoms. The van der Waals surface area contributed by atoms with Crippen molar-refractivity contribution in [1.29, 1.82) is 0 Å². The van der Waals surface area contributed by atoms with Crippen molar-refractivity contribution in [3.63, 3.8) is 0 Å². The maximum atomic E-state index is 11.0. The van der Waals surface area contributed by atoms with Gasteiger partial charge in [0.25, 0.3) is 0 Å². The number of aromatic carboxylic acids is 1. The van der Waals surface area contributed by atoms with Crippen LogP contribution in [0.2, 0.25) is 5.02 Å². The largest absolute Gasteiger partial charge is 0.478 e. The molecule has 1 fully saturated rings. The van der Waals surface area contributed by atoms with Crippen molar-refractivity contribution >= 4 is 17.6 Å². The van der Waals surface area contributed by atoms with Gasteiger partial charge in [0.2, 0.25) is 0 Å². The quantitative estimate of drug-likeness (QED) is 0.538. The first-order chi connectivity index (χ1) is 11.1. The molecule has 0 amide bonds. The minimum atomic E-state index is -0.951. The van der Waals surface area contributed by atoms with Crippen LogP contribution in [0.5, 0.6) is 0 Å². The van der Waals surface area contributed by atoms with Crippen LogP contribution in [0, 0.1) is 5.92 Å². The Hall–Kier alpha value is -1.02. The minimum Gasteiger partial charge on any atom is -0.478 e. The molecule has 1 saturated carbocycles. The summed E-state index contributed by atoms with van der Waals surface area (Å²) in [6.07, 6.45) is 13.3. The smallest absolute Gasteiger partial charge is 0.337 e. The molecule has 1 aliphatic rings. The molecule has 0 aliphatic heterocycles. The molecule has 3 heteroatoms. The third-order valence-electron chi connectivity index (χ3n) is 5.26. The van der Waals surface area contributed by atoms with E-state index in [0.29, 0.717) is 10.9 Å². The van der Waals surface area contributed by atoms with Gasteiger partial charge >= 0.3 is 5.97 Å². The molecule has 0 unspecified atom stereocenters. The van der Waals surface area contributed by atoms with Crippen LogP contribution in [-0.4, -0.2) is 11.1 Å². The zero-order valence-electron chi connectivity index (χ0n) is 14.2. The molecule has 0 spiro atoms. The van der Waals surface area contributed by atoms with E-state index in [4.69, 9.17) is 16.7 Å². The summed E-state index contributed by atoms with van der Waals surface area (Å²) in [6.45, 7) is 2.26. The summed E-state index contributed by atoms with van der Waals surface area (Å²) in [7, 11) is 0. The van der Waals surface area contributed by atoms with Crippen molar-refractivity contribution in [1.82, 2.24) is 0 Å². The molecule has 0 heterocycles. The van der Waals surface area contributed by atoms with Crippen LogP contribution in [0.15, 0.2) is 18.2 Å². The highest BCUT2D eigenvalue weighted by molar-refractivity contribution is 6.33. The third-order valence-corrected chi connectivity index (χ3v) is 5.57. The second kappa shape index (κ2) is 9.32. The summed E-state index contributed by atoms with van der Waals surface area (Å²) in [5.41, 5.74) is 1.41. The first-order valence-electron chi connectivity index (χ1n) is 9.14. The van der Waals surface area contributed by atoms with Gasteiger partial charge in [-0.25, -0.2) is 4.79 Å². The van der Waals surface area contributed by atoms with Crippen LogP contribution in [-0.2, 0) is 0 Å². The van der Waals surface area contributed by atoms with Crippen LogP contribution < -0.4 is 0 Å². The molecule has 0 radical (unpaired) electrons. The Balaban J connectivity index is 1.78. The van der Waals surface area contributed by atoms with Gasteiger partial charge < -0.3 is 5.11 Å². The van der Waals surface area contributed by atoms with Crippen molar-refractivity contribution in [2.24, 2.45) is 5.92 Å². The number of carboxylic acids is 1. The van der Waals surface area contributed by atoms with E-state index in [1.807, 2.05) is 12.1 Å². The summed E-state index contributed by atoms with van der Waals surface area (Å²) in [6, 6.07) is 5.46. The fourth-order valence-corrected chi connectivity index (χ4v) is 4.05. The number of unbranched alkanes of at least 4 members (excludes halogenated alkanes) is 4. The number of benzene rings is 1. The zero-order valence-corrected chi connectivity index (χ0v) is 14.9. The number of hydrogen-bond acceptors (Lipinski definition) is 1. The molecule has 1 aromatic rings. The van der Waals surface area contributed by atoms with E-state index in [0.717, 1.165) is 5.92 Å². The van der Waals surface area contributed by atoms with Gasteiger partial charge in [0, 0.05) is 0 Å². The number of halogens is 1. The first-order valence-corrected chi connectivity index (χ1v) is 9.52. The van der Waals surface area contributed by atoms with E-state index in [-0.39, 0.29) is 5.56 Å². The Bertz CT molecular complexity index is 504. The van der Waals surface area contributed by atoms with Crippen molar-refractivity contribution < 1.29 is 9.90 Å². The van der Waals surface area contributed by atoms with Gasteiger partial charge in [0.05, 0.1) is 10.6 Å². The Morgan fingerprint density at radius 3 is 2.43 bits per heavy atom. The van der Waals surface area contributed by atoms with Crippen LogP contribution in [0.25, 0.3) is 0 Å². The van der Waals surface area contributed by atoms with Gasteiger partial charge in [0.1, 0.15) is 0 Å². The van der Waals surface area contributed by atoms with Gasteiger partial charge in [-0.1, -0.05) is 63.1 Å². The molecule has 2 rings (SSSR count). The van der Waals surface area contributed by atoms with Gasteiger partial charge in [-0.3, -0.25) is 0 Å². The normalized spacial score (nSPS) is 21.3. The SMILES string of the molecule is CCCCCCCC1CCC(c2ccc(C(=O)O)c(Cl)c2)CC1. The highest BCUT2D eigenvalue weighted by Crippen LogP contribution is 2.38.